The van der Waals surface area contributed by atoms with Gasteiger partial charge in [0.2, 0.25) is 0 Å². The number of methoxy groups -OCH3 is 1. The Morgan fingerprint density at radius 3 is 2.53 bits per heavy atom. The van der Waals surface area contributed by atoms with E-state index in [1.54, 1.807) is 7.11 Å². The molecule has 5 rings (SSSR count). The first-order valence-corrected chi connectivity index (χ1v) is 11.9. The fraction of sp³-hybridized carbons (Fsp3) is 0.385. The average molecular weight is 459 g/mol. The summed E-state index contributed by atoms with van der Waals surface area (Å²) in [5.41, 5.74) is 3.75. The molecule has 1 atom stereocenters. The molecule has 0 saturated carbocycles. The summed E-state index contributed by atoms with van der Waals surface area (Å²) < 4.78 is 7.09. The smallest absolute Gasteiger partial charge is 0.253 e. The highest BCUT2D eigenvalue weighted by Crippen LogP contribution is 2.30. The van der Waals surface area contributed by atoms with Crippen molar-refractivity contribution in [3.05, 3.63) is 81.4 Å². The molecule has 34 heavy (non-hydrogen) atoms. The second kappa shape index (κ2) is 9.77. The average Bonchev–Trinajstić information content (AvgIpc) is 3.33. The number of aromatic nitrogens is 5. The molecule has 1 aliphatic rings. The van der Waals surface area contributed by atoms with Crippen molar-refractivity contribution in [2.75, 3.05) is 20.2 Å². The highest BCUT2D eigenvalue weighted by Gasteiger charge is 2.31. The van der Waals surface area contributed by atoms with Crippen molar-refractivity contribution < 1.29 is 4.74 Å². The number of hydrogen-bond acceptors (Lipinski definition) is 6. The zero-order valence-electron chi connectivity index (χ0n) is 19.7. The molecule has 1 fully saturated rings. The number of benzene rings is 2. The van der Waals surface area contributed by atoms with Crippen LogP contribution in [0.15, 0.2) is 53.3 Å². The zero-order chi connectivity index (χ0) is 23.5. The largest absolute Gasteiger partial charge is 0.497 e. The Hall–Kier alpha value is -3.52. The summed E-state index contributed by atoms with van der Waals surface area (Å²) in [6.07, 6.45) is 4.35. The summed E-state index contributed by atoms with van der Waals surface area (Å²) in [7, 11) is 1.65. The maximum atomic E-state index is 13.3. The number of nitrogens with one attached hydrogen (secondary N) is 1. The van der Waals surface area contributed by atoms with Crippen molar-refractivity contribution in [1.29, 1.82) is 0 Å². The summed E-state index contributed by atoms with van der Waals surface area (Å²) in [5.74, 6) is 1.50. The molecule has 8 heteroatoms. The highest BCUT2D eigenvalue weighted by atomic mass is 16.5. The van der Waals surface area contributed by atoms with E-state index in [1.807, 2.05) is 41.1 Å². The lowest BCUT2D eigenvalue weighted by Gasteiger charge is -2.33. The molecule has 1 unspecified atom stereocenters. The van der Waals surface area contributed by atoms with Crippen molar-refractivity contribution in [2.45, 2.75) is 45.2 Å². The van der Waals surface area contributed by atoms with Gasteiger partial charge in [0.1, 0.15) is 11.8 Å². The topological polar surface area (TPSA) is 88.9 Å². The second-order valence-corrected chi connectivity index (χ2v) is 8.87. The van der Waals surface area contributed by atoms with Crippen LogP contribution in [-0.2, 0) is 13.0 Å². The first-order chi connectivity index (χ1) is 16.7. The van der Waals surface area contributed by atoms with Crippen LogP contribution in [0, 0.1) is 0 Å². The van der Waals surface area contributed by atoms with Crippen LogP contribution in [0.5, 0.6) is 5.75 Å². The molecule has 176 valence electrons. The molecule has 4 aromatic rings. The number of pyridine rings is 1. The number of aromatic amines is 1. The van der Waals surface area contributed by atoms with Gasteiger partial charge in [-0.25, -0.2) is 4.68 Å². The molecule has 1 saturated heterocycles. The number of H-pyrrole nitrogens is 1. The van der Waals surface area contributed by atoms with Gasteiger partial charge in [-0.05, 0) is 89.6 Å². The molecule has 0 aliphatic carbocycles. The molecule has 1 aliphatic heterocycles. The van der Waals surface area contributed by atoms with E-state index in [-0.39, 0.29) is 11.6 Å². The fourth-order valence-electron chi connectivity index (χ4n) is 4.80. The van der Waals surface area contributed by atoms with E-state index in [0.717, 1.165) is 54.6 Å². The third kappa shape index (κ3) is 4.46. The standard InChI is InChI=1S/C26H30N6O2/c1-3-18-9-12-23-20(15-18)16-22(26(33)27-23)24(31-13-5-4-6-14-31)25-28-29-30-32(25)17-19-7-10-21(34-2)11-8-19/h7-12,15-16,24H,3-6,13-14,17H2,1-2H3,(H,27,33). The van der Waals surface area contributed by atoms with E-state index in [1.165, 1.54) is 12.0 Å². The third-order valence-electron chi connectivity index (χ3n) is 6.69. The van der Waals surface area contributed by atoms with Crippen LogP contribution >= 0.6 is 0 Å². The maximum absolute atomic E-state index is 13.3. The van der Waals surface area contributed by atoms with Gasteiger partial charge in [-0.15, -0.1) is 5.10 Å². The van der Waals surface area contributed by atoms with Crippen LogP contribution in [0.3, 0.4) is 0 Å². The Morgan fingerprint density at radius 1 is 1.03 bits per heavy atom. The minimum atomic E-state index is -0.313. The van der Waals surface area contributed by atoms with E-state index >= 15 is 0 Å². The number of hydrogen-bond donors (Lipinski definition) is 1. The van der Waals surface area contributed by atoms with Gasteiger partial charge in [-0.3, -0.25) is 9.69 Å². The molecular weight excluding hydrogens is 428 g/mol. The quantitative estimate of drug-likeness (QED) is 0.454. The van der Waals surface area contributed by atoms with Gasteiger partial charge < -0.3 is 9.72 Å². The van der Waals surface area contributed by atoms with Crippen molar-refractivity contribution in [2.24, 2.45) is 0 Å². The maximum Gasteiger partial charge on any atom is 0.253 e. The first kappa shape index (κ1) is 22.3. The Kier molecular flexibility index (Phi) is 6.40. The first-order valence-electron chi connectivity index (χ1n) is 11.9. The highest BCUT2D eigenvalue weighted by molar-refractivity contribution is 5.80. The number of nitrogens with zero attached hydrogens (tertiary/aromatic N) is 5. The number of piperidine rings is 1. The van der Waals surface area contributed by atoms with Gasteiger partial charge in [0.05, 0.1) is 13.7 Å². The van der Waals surface area contributed by atoms with Gasteiger partial charge in [-0.2, -0.15) is 0 Å². The van der Waals surface area contributed by atoms with Gasteiger partial charge in [0, 0.05) is 11.1 Å². The number of tetrazole rings is 1. The number of ether oxygens (including phenoxy) is 1. The predicted molar refractivity (Wildman–Crippen MR) is 131 cm³/mol. The summed E-state index contributed by atoms with van der Waals surface area (Å²) in [5, 5.41) is 13.8. The molecular formula is C26H30N6O2. The molecule has 0 spiro atoms. The van der Waals surface area contributed by atoms with Crippen LogP contribution in [0.25, 0.3) is 10.9 Å². The Morgan fingerprint density at radius 2 is 1.79 bits per heavy atom. The monoisotopic (exact) mass is 458 g/mol. The Bertz CT molecular complexity index is 1320. The number of fused-ring (bicyclic) bond motifs is 1. The molecule has 2 aromatic heterocycles. The van der Waals surface area contributed by atoms with Gasteiger partial charge in [-0.1, -0.05) is 31.5 Å². The molecule has 8 nitrogen and oxygen atoms in total. The van der Waals surface area contributed by atoms with Crippen molar-refractivity contribution in [3.63, 3.8) is 0 Å². The summed E-state index contributed by atoms with van der Waals surface area (Å²) in [6.45, 7) is 4.47. The minimum absolute atomic E-state index is 0.0914. The molecule has 0 amide bonds. The molecule has 3 heterocycles. The Labute approximate surface area is 198 Å². The van der Waals surface area contributed by atoms with Crippen LogP contribution in [-0.4, -0.2) is 50.3 Å². The zero-order valence-corrected chi connectivity index (χ0v) is 19.7. The van der Waals surface area contributed by atoms with Crippen molar-refractivity contribution in [1.82, 2.24) is 30.1 Å². The van der Waals surface area contributed by atoms with Gasteiger partial charge in [0.15, 0.2) is 5.82 Å². The molecule has 2 aromatic carbocycles. The minimum Gasteiger partial charge on any atom is -0.497 e. The number of rotatable bonds is 7. The normalized spacial score (nSPS) is 15.5. The second-order valence-electron chi connectivity index (χ2n) is 8.87. The van der Waals surface area contributed by atoms with Crippen LogP contribution in [0.2, 0.25) is 0 Å². The van der Waals surface area contributed by atoms with Crippen LogP contribution < -0.4 is 10.3 Å². The summed E-state index contributed by atoms with van der Waals surface area (Å²) >= 11 is 0. The SMILES string of the molecule is CCc1ccc2[nH]c(=O)c(C(c3nnnn3Cc3ccc(OC)cc3)N3CCCCC3)cc2c1. The lowest BCUT2D eigenvalue weighted by Crippen LogP contribution is -2.38. The third-order valence-corrected chi connectivity index (χ3v) is 6.69. The fourth-order valence-corrected chi connectivity index (χ4v) is 4.80. The van der Waals surface area contributed by atoms with E-state index in [2.05, 4.69) is 44.5 Å². The molecule has 0 radical (unpaired) electrons. The van der Waals surface area contributed by atoms with Crippen molar-refractivity contribution >= 4 is 10.9 Å². The van der Waals surface area contributed by atoms with E-state index in [9.17, 15) is 4.79 Å². The number of aryl methyl sites for hydroxylation is 1. The van der Waals surface area contributed by atoms with Crippen LogP contribution in [0.4, 0.5) is 0 Å². The van der Waals surface area contributed by atoms with E-state index in [0.29, 0.717) is 17.9 Å². The molecule has 1 N–H and O–H groups in total. The van der Waals surface area contributed by atoms with Crippen molar-refractivity contribution in [3.8, 4) is 5.75 Å². The van der Waals surface area contributed by atoms with Crippen LogP contribution in [0.1, 0.15) is 54.7 Å². The van der Waals surface area contributed by atoms with Gasteiger partial charge in [0.25, 0.3) is 5.56 Å². The van der Waals surface area contributed by atoms with E-state index < -0.39 is 0 Å². The lowest BCUT2D eigenvalue weighted by atomic mass is 9.99. The molecule has 0 bridgehead atoms. The summed E-state index contributed by atoms with van der Waals surface area (Å²) in [4.78, 5) is 18.8. The number of likely N-dealkylation sites (tertiary alicyclic amines) is 1. The Balaban J connectivity index is 1.58. The summed E-state index contributed by atoms with van der Waals surface area (Å²) in [6, 6.07) is 15.8. The lowest BCUT2D eigenvalue weighted by molar-refractivity contribution is 0.177. The van der Waals surface area contributed by atoms with E-state index in [4.69, 9.17) is 4.74 Å². The predicted octanol–water partition coefficient (Wildman–Crippen LogP) is 3.71. The van der Waals surface area contributed by atoms with Gasteiger partial charge >= 0.3 is 0 Å².